The van der Waals surface area contributed by atoms with Crippen molar-refractivity contribution >= 4 is 0 Å². The summed E-state index contributed by atoms with van der Waals surface area (Å²) in [7, 11) is 0. The molecule has 5 heteroatoms. The summed E-state index contributed by atoms with van der Waals surface area (Å²) in [5, 5.41) is 0. The standard InChI is InChI=1S/C16H24N2O3/c1-2-21-16(7-10-19-11-8-16)15(18-17)13-5-3-4-12-6-9-20-14(12)13/h3-5,15,18H,2,6-11,17H2,1H3. The van der Waals surface area contributed by atoms with Crippen molar-refractivity contribution in [3.8, 4) is 5.75 Å². The van der Waals surface area contributed by atoms with Gasteiger partial charge in [-0.05, 0) is 12.5 Å². The van der Waals surface area contributed by atoms with E-state index in [9.17, 15) is 0 Å². The molecule has 1 atom stereocenters. The molecule has 116 valence electrons. The molecule has 1 saturated heterocycles. The smallest absolute Gasteiger partial charge is 0.127 e. The van der Waals surface area contributed by atoms with E-state index in [0.717, 1.165) is 37.2 Å². The van der Waals surface area contributed by atoms with Gasteiger partial charge < -0.3 is 14.2 Å². The molecule has 2 aliphatic heterocycles. The third-order valence-corrected chi connectivity index (χ3v) is 4.52. The highest BCUT2D eigenvalue weighted by molar-refractivity contribution is 5.46. The first-order valence-corrected chi connectivity index (χ1v) is 7.73. The van der Waals surface area contributed by atoms with E-state index in [4.69, 9.17) is 20.1 Å². The van der Waals surface area contributed by atoms with Crippen molar-refractivity contribution in [1.29, 1.82) is 0 Å². The Kier molecular flexibility index (Phi) is 4.45. The van der Waals surface area contributed by atoms with E-state index in [2.05, 4.69) is 23.6 Å². The van der Waals surface area contributed by atoms with E-state index < -0.39 is 0 Å². The average molecular weight is 292 g/mol. The van der Waals surface area contributed by atoms with Crippen LogP contribution >= 0.6 is 0 Å². The Morgan fingerprint density at radius 2 is 2.14 bits per heavy atom. The number of hydrogen-bond acceptors (Lipinski definition) is 5. The van der Waals surface area contributed by atoms with Crippen LogP contribution < -0.4 is 16.0 Å². The minimum absolute atomic E-state index is 0.0885. The van der Waals surface area contributed by atoms with E-state index in [1.54, 1.807) is 0 Å². The Bertz CT molecular complexity index is 481. The highest BCUT2D eigenvalue weighted by atomic mass is 16.5. The van der Waals surface area contributed by atoms with Crippen molar-refractivity contribution in [3.63, 3.8) is 0 Å². The van der Waals surface area contributed by atoms with Crippen LogP contribution in [0.5, 0.6) is 5.75 Å². The van der Waals surface area contributed by atoms with Crippen LogP contribution in [0.2, 0.25) is 0 Å². The van der Waals surface area contributed by atoms with E-state index in [0.29, 0.717) is 19.8 Å². The zero-order valence-electron chi connectivity index (χ0n) is 12.6. The average Bonchev–Trinajstić information content (AvgIpc) is 2.98. The lowest BCUT2D eigenvalue weighted by atomic mass is 9.81. The topological polar surface area (TPSA) is 65.7 Å². The van der Waals surface area contributed by atoms with Gasteiger partial charge in [0.1, 0.15) is 5.75 Å². The molecule has 3 rings (SSSR count). The van der Waals surface area contributed by atoms with Crippen LogP contribution in [0.1, 0.15) is 36.9 Å². The lowest BCUT2D eigenvalue weighted by Gasteiger charge is -2.43. The number of nitrogens with two attached hydrogens (primary N) is 1. The second-order valence-electron chi connectivity index (χ2n) is 5.64. The maximum atomic E-state index is 6.16. The van der Waals surface area contributed by atoms with Gasteiger partial charge in [0, 0.05) is 44.6 Å². The molecule has 0 bridgehead atoms. The van der Waals surface area contributed by atoms with Crippen LogP contribution in [0.3, 0.4) is 0 Å². The van der Waals surface area contributed by atoms with Crippen LogP contribution in [-0.4, -0.2) is 32.0 Å². The van der Waals surface area contributed by atoms with Gasteiger partial charge in [-0.3, -0.25) is 5.84 Å². The highest BCUT2D eigenvalue weighted by Gasteiger charge is 2.43. The summed E-state index contributed by atoms with van der Waals surface area (Å²) in [6.07, 6.45) is 2.63. The summed E-state index contributed by atoms with van der Waals surface area (Å²) in [6.45, 7) is 4.83. The number of benzene rings is 1. The van der Waals surface area contributed by atoms with Crippen molar-refractivity contribution in [2.75, 3.05) is 26.4 Å². The summed E-state index contributed by atoms with van der Waals surface area (Å²) >= 11 is 0. The SMILES string of the molecule is CCOC1(C(NN)c2cccc3c2OCC3)CCOCC1. The molecular formula is C16H24N2O3. The van der Waals surface area contributed by atoms with E-state index >= 15 is 0 Å². The number of fused-ring (bicyclic) bond motifs is 1. The maximum absolute atomic E-state index is 6.16. The monoisotopic (exact) mass is 292 g/mol. The second-order valence-corrected chi connectivity index (χ2v) is 5.64. The minimum atomic E-state index is -0.331. The molecule has 0 saturated carbocycles. The zero-order valence-corrected chi connectivity index (χ0v) is 12.6. The van der Waals surface area contributed by atoms with E-state index in [1.807, 2.05) is 6.92 Å². The van der Waals surface area contributed by atoms with Gasteiger partial charge in [0.2, 0.25) is 0 Å². The van der Waals surface area contributed by atoms with Crippen molar-refractivity contribution in [1.82, 2.24) is 5.43 Å². The van der Waals surface area contributed by atoms with Crippen molar-refractivity contribution in [2.24, 2.45) is 5.84 Å². The molecule has 0 aliphatic carbocycles. The van der Waals surface area contributed by atoms with E-state index in [-0.39, 0.29) is 11.6 Å². The van der Waals surface area contributed by atoms with Gasteiger partial charge in [0.25, 0.3) is 0 Å². The highest BCUT2D eigenvalue weighted by Crippen LogP contribution is 2.42. The van der Waals surface area contributed by atoms with E-state index in [1.165, 1.54) is 5.56 Å². The van der Waals surface area contributed by atoms with Crippen LogP contribution in [0.25, 0.3) is 0 Å². The molecule has 1 aromatic rings. The molecule has 1 fully saturated rings. The van der Waals surface area contributed by atoms with Gasteiger partial charge in [-0.2, -0.15) is 0 Å². The van der Waals surface area contributed by atoms with Gasteiger partial charge in [-0.15, -0.1) is 0 Å². The first-order valence-electron chi connectivity index (χ1n) is 7.73. The molecule has 1 aromatic carbocycles. The van der Waals surface area contributed by atoms with Gasteiger partial charge in [0.15, 0.2) is 0 Å². The molecule has 1 unspecified atom stereocenters. The molecule has 0 radical (unpaired) electrons. The first-order chi connectivity index (χ1) is 10.3. The molecule has 0 amide bonds. The van der Waals surface area contributed by atoms with Gasteiger partial charge in [0.05, 0.1) is 18.2 Å². The number of nitrogens with one attached hydrogen (secondary N) is 1. The van der Waals surface area contributed by atoms with Crippen molar-refractivity contribution in [2.45, 2.75) is 37.8 Å². The summed E-state index contributed by atoms with van der Waals surface area (Å²) < 4.78 is 17.5. The fourth-order valence-electron chi connectivity index (χ4n) is 3.51. The minimum Gasteiger partial charge on any atom is -0.493 e. The zero-order chi connectivity index (χ0) is 14.7. The quantitative estimate of drug-likeness (QED) is 0.639. The Morgan fingerprint density at radius 1 is 1.33 bits per heavy atom. The van der Waals surface area contributed by atoms with Crippen LogP contribution in [-0.2, 0) is 15.9 Å². The normalized spacial score (nSPS) is 21.6. The van der Waals surface area contributed by atoms with Crippen LogP contribution in [0.15, 0.2) is 18.2 Å². The lowest BCUT2D eigenvalue weighted by Crippen LogP contribution is -2.51. The second kappa shape index (κ2) is 6.32. The molecule has 2 heterocycles. The summed E-state index contributed by atoms with van der Waals surface area (Å²) in [5.74, 6) is 6.90. The summed E-state index contributed by atoms with van der Waals surface area (Å²) in [4.78, 5) is 0. The predicted octanol–water partition coefficient (Wildman–Crippen LogP) is 1.71. The van der Waals surface area contributed by atoms with Gasteiger partial charge >= 0.3 is 0 Å². The fourth-order valence-corrected chi connectivity index (χ4v) is 3.51. The molecule has 3 N–H and O–H groups in total. The number of para-hydroxylation sites is 1. The maximum Gasteiger partial charge on any atom is 0.127 e. The third-order valence-electron chi connectivity index (χ3n) is 4.52. The lowest BCUT2D eigenvalue weighted by molar-refractivity contribution is -0.128. The number of hydrogen-bond donors (Lipinski definition) is 2. The summed E-state index contributed by atoms with van der Waals surface area (Å²) in [5.41, 5.74) is 5.01. The fraction of sp³-hybridized carbons (Fsp3) is 0.625. The molecular weight excluding hydrogens is 268 g/mol. The number of ether oxygens (including phenoxy) is 3. The largest absolute Gasteiger partial charge is 0.493 e. The van der Waals surface area contributed by atoms with Crippen molar-refractivity contribution in [3.05, 3.63) is 29.3 Å². The Labute approximate surface area is 125 Å². The Balaban J connectivity index is 1.98. The van der Waals surface area contributed by atoms with Gasteiger partial charge in [-0.1, -0.05) is 18.2 Å². The van der Waals surface area contributed by atoms with Crippen LogP contribution in [0.4, 0.5) is 0 Å². The Morgan fingerprint density at radius 3 is 2.86 bits per heavy atom. The van der Waals surface area contributed by atoms with Crippen molar-refractivity contribution < 1.29 is 14.2 Å². The van der Waals surface area contributed by atoms with Gasteiger partial charge in [-0.25, -0.2) is 5.43 Å². The number of rotatable bonds is 5. The molecule has 0 aromatic heterocycles. The summed E-state index contributed by atoms with van der Waals surface area (Å²) in [6, 6.07) is 6.20. The first kappa shape index (κ1) is 14.8. The molecule has 5 nitrogen and oxygen atoms in total. The third kappa shape index (κ3) is 2.66. The Hall–Kier alpha value is -1.14. The van der Waals surface area contributed by atoms with Crippen LogP contribution in [0, 0.1) is 0 Å². The number of hydrazine groups is 1. The predicted molar refractivity (Wildman–Crippen MR) is 80.1 cm³/mol. The molecule has 2 aliphatic rings. The molecule has 0 spiro atoms. The molecule has 21 heavy (non-hydrogen) atoms.